The van der Waals surface area contributed by atoms with Gasteiger partial charge in [-0.2, -0.15) is 15.8 Å². The Kier molecular flexibility index (Phi) is 5.97. The molecule has 0 fully saturated rings. The van der Waals surface area contributed by atoms with Crippen molar-refractivity contribution in [2.45, 2.75) is 0 Å². The Morgan fingerprint density at radius 2 is 1.04 bits per heavy atom. The minimum absolute atomic E-state index is 0.539. The number of aromatic nitrogens is 1. The number of nitriles is 3. The highest BCUT2D eigenvalue weighted by molar-refractivity contribution is 6.19. The zero-order valence-electron chi connectivity index (χ0n) is 26.8. The predicted octanol–water partition coefficient (Wildman–Crippen LogP) is 11.5. The maximum Gasteiger partial charge on any atom is 0.178 e. The molecule has 0 aliphatic carbocycles. The van der Waals surface area contributed by atoms with E-state index in [9.17, 15) is 15.8 Å². The number of fused-ring (bicyclic) bond motifs is 10. The third kappa shape index (κ3) is 4.07. The topological polar surface area (TPSA) is 103 Å². The van der Waals surface area contributed by atoms with E-state index in [4.69, 9.17) is 8.83 Å². The molecule has 0 bridgehead atoms. The summed E-state index contributed by atoms with van der Waals surface area (Å²) < 4.78 is 15.1. The van der Waals surface area contributed by atoms with Crippen LogP contribution in [0.15, 0.2) is 142 Å². The third-order valence-electron chi connectivity index (χ3n) is 9.93. The van der Waals surface area contributed by atoms with Gasteiger partial charge < -0.3 is 13.4 Å². The summed E-state index contributed by atoms with van der Waals surface area (Å²) in [7, 11) is 0. The fraction of sp³-hybridized carbons (Fsp3) is 0. The van der Waals surface area contributed by atoms with E-state index in [1.807, 2.05) is 97.1 Å². The maximum absolute atomic E-state index is 10.4. The molecule has 3 aromatic heterocycles. The molecule has 0 unspecified atom stereocenters. The monoisotopic (exact) mass is 650 g/mol. The molecule has 6 heteroatoms. The van der Waals surface area contributed by atoms with Crippen LogP contribution in [0.3, 0.4) is 0 Å². The fourth-order valence-corrected chi connectivity index (χ4v) is 7.63. The van der Waals surface area contributed by atoms with Gasteiger partial charge in [-0.3, -0.25) is 0 Å². The van der Waals surface area contributed by atoms with Crippen LogP contribution in [0.4, 0.5) is 0 Å². The Hall–Kier alpha value is -7.59. The van der Waals surface area contributed by atoms with Crippen LogP contribution >= 0.6 is 0 Å². The number of hydrogen-bond acceptors (Lipinski definition) is 5. The first-order valence-corrected chi connectivity index (χ1v) is 16.4. The molecule has 7 aromatic carbocycles. The Morgan fingerprint density at radius 3 is 1.75 bits per heavy atom. The van der Waals surface area contributed by atoms with Crippen LogP contribution in [-0.2, 0) is 0 Å². The molecule has 6 nitrogen and oxygen atoms in total. The first-order chi connectivity index (χ1) is 25.1. The van der Waals surface area contributed by atoms with Crippen LogP contribution in [-0.4, -0.2) is 4.57 Å². The SMILES string of the molecule is N#Cc1ccc2c(c1)c1ccccc1n2-c1c(C#N)cccc1-c1ccc2oc3c(ccc4c5cc(-c6ccccc6C#N)ccc5oc43)c2c1. The number of furan rings is 2. The summed E-state index contributed by atoms with van der Waals surface area (Å²) >= 11 is 0. The lowest BCUT2D eigenvalue weighted by Crippen LogP contribution is -2.00. The Labute approximate surface area is 290 Å². The van der Waals surface area contributed by atoms with Gasteiger partial charge in [-0.25, -0.2) is 0 Å². The first kappa shape index (κ1) is 28.4. The van der Waals surface area contributed by atoms with E-state index in [1.54, 1.807) is 0 Å². The van der Waals surface area contributed by atoms with Crippen LogP contribution in [0, 0.1) is 34.0 Å². The van der Waals surface area contributed by atoms with Gasteiger partial charge in [-0.05, 0) is 89.5 Å². The molecular weight excluding hydrogens is 629 g/mol. The molecule has 234 valence electrons. The van der Waals surface area contributed by atoms with Crippen molar-refractivity contribution in [2.24, 2.45) is 0 Å². The number of benzene rings is 7. The zero-order valence-corrected chi connectivity index (χ0v) is 26.8. The molecule has 10 rings (SSSR count). The predicted molar refractivity (Wildman–Crippen MR) is 200 cm³/mol. The largest absolute Gasteiger partial charge is 0.452 e. The van der Waals surface area contributed by atoms with Gasteiger partial charge in [0.25, 0.3) is 0 Å². The molecule has 0 saturated heterocycles. The molecule has 3 heterocycles. The normalized spacial score (nSPS) is 11.5. The van der Waals surface area contributed by atoms with Gasteiger partial charge in [-0.15, -0.1) is 0 Å². The molecule has 0 N–H and O–H groups in total. The highest BCUT2D eigenvalue weighted by atomic mass is 16.4. The molecular formula is C45H22N4O2. The second-order valence-electron chi connectivity index (χ2n) is 12.6. The smallest absolute Gasteiger partial charge is 0.178 e. The van der Waals surface area contributed by atoms with Crippen molar-refractivity contribution in [3.05, 3.63) is 150 Å². The van der Waals surface area contributed by atoms with Gasteiger partial charge in [0.15, 0.2) is 11.2 Å². The van der Waals surface area contributed by atoms with E-state index >= 15 is 0 Å². The van der Waals surface area contributed by atoms with Crippen LogP contribution in [0.5, 0.6) is 0 Å². The Morgan fingerprint density at radius 1 is 0.431 bits per heavy atom. The van der Waals surface area contributed by atoms with E-state index < -0.39 is 0 Å². The van der Waals surface area contributed by atoms with Crippen molar-refractivity contribution in [1.82, 2.24) is 4.57 Å². The highest BCUT2D eigenvalue weighted by Gasteiger charge is 2.21. The zero-order chi connectivity index (χ0) is 34.2. The lowest BCUT2D eigenvalue weighted by atomic mass is 9.97. The quantitative estimate of drug-likeness (QED) is 0.189. The van der Waals surface area contributed by atoms with E-state index in [-0.39, 0.29) is 0 Å². The van der Waals surface area contributed by atoms with Gasteiger partial charge >= 0.3 is 0 Å². The second kappa shape index (κ2) is 10.7. The van der Waals surface area contributed by atoms with Crippen LogP contribution in [0.25, 0.3) is 93.6 Å². The summed E-state index contributed by atoms with van der Waals surface area (Å²) in [6, 6.07) is 50.5. The van der Waals surface area contributed by atoms with Crippen molar-refractivity contribution in [1.29, 1.82) is 15.8 Å². The van der Waals surface area contributed by atoms with Crippen molar-refractivity contribution >= 4 is 65.7 Å². The van der Waals surface area contributed by atoms with Crippen molar-refractivity contribution in [3.8, 4) is 46.1 Å². The molecule has 0 spiro atoms. The standard InChI is InChI=1S/C45H22N4O2/c46-23-26-12-17-40-36(20-26)33-9-3-4-11-39(33)49(40)43-30(25-48)7-5-10-32(43)28-14-19-42-38(22-28)35-16-15-34-37-21-27(31-8-2-1-6-29(31)24-47)13-18-41(37)50-44(34)45(35)51-42/h1-22H. The average molecular weight is 651 g/mol. The lowest BCUT2D eigenvalue weighted by molar-refractivity contribution is 0.633. The Bertz CT molecular complexity index is 3250. The fourth-order valence-electron chi connectivity index (χ4n) is 7.63. The second-order valence-corrected chi connectivity index (χ2v) is 12.6. The molecule has 0 saturated carbocycles. The van der Waals surface area contributed by atoms with Crippen LogP contribution in [0.2, 0.25) is 0 Å². The third-order valence-corrected chi connectivity index (χ3v) is 9.93. The highest BCUT2D eigenvalue weighted by Crippen LogP contribution is 2.43. The van der Waals surface area contributed by atoms with E-state index in [1.165, 1.54) is 0 Å². The molecule has 0 atom stereocenters. The summed E-state index contributed by atoms with van der Waals surface area (Å²) in [5.41, 5.74) is 10.8. The number of rotatable bonds is 3. The van der Waals surface area contributed by atoms with Gasteiger partial charge in [0, 0.05) is 37.9 Å². The first-order valence-electron chi connectivity index (χ1n) is 16.4. The summed E-state index contributed by atoms with van der Waals surface area (Å²) in [5, 5.41) is 35.5. The summed E-state index contributed by atoms with van der Waals surface area (Å²) in [6.45, 7) is 0. The minimum atomic E-state index is 0.539. The molecule has 0 amide bonds. The summed E-state index contributed by atoms with van der Waals surface area (Å²) in [4.78, 5) is 0. The van der Waals surface area contributed by atoms with Gasteiger partial charge in [0.2, 0.25) is 0 Å². The molecule has 10 aromatic rings. The maximum atomic E-state index is 10.4. The minimum Gasteiger partial charge on any atom is -0.452 e. The molecule has 0 aliphatic rings. The van der Waals surface area contributed by atoms with E-state index in [0.717, 1.165) is 82.5 Å². The van der Waals surface area contributed by atoms with Crippen molar-refractivity contribution in [2.75, 3.05) is 0 Å². The molecule has 51 heavy (non-hydrogen) atoms. The number of nitrogens with zero attached hydrogens (tertiary/aromatic N) is 4. The molecule has 0 radical (unpaired) electrons. The van der Waals surface area contributed by atoms with E-state index in [2.05, 4.69) is 59.2 Å². The Balaban J connectivity index is 1.18. The van der Waals surface area contributed by atoms with E-state index in [0.29, 0.717) is 27.9 Å². The molecule has 0 aliphatic heterocycles. The summed E-state index contributed by atoms with van der Waals surface area (Å²) in [5.74, 6) is 0. The van der Waals surface area contributed by atoms with Crippen molar-refractivity contribution < 1.29 is 8.83 Å². The van der Waals surface area contributed by atoms with Crippen LogP contribution in [0.1, 0.15) is 16.7 Å². The van der Waals surface area contributed by atoms with Crippen molar-refractivity contribution in [3.63, 3.8) is 0 Å². The van der Waals surface area contributed by atoms with Gasteiger partial charge in [0.05, 0.1) is 45.5 Å². The summed E-state index contributed by atoms with van der Waals surface area (Å²) in [6.07, 6.45) is 0. The average Bonchev–Trinajstić information content (AvgIpc) is 3.86. The van der Waals surface area contributed by atoms with Crippen LogP contribution < -0.4 is 0 Å². The van der Waals surface area contributed by atoms with Gasteiger partial charge in [-0.1, -0.05) is 60.7 Å². The number of para-hydroxylation sites is 2. The lowest BCUT2D eigenvalue weighted by Gasteiger charge is -2.16. The number of hydrogen-bond donors (Lipinski definition) is 0. The van der Waals surface area contributed by atoms with Gasteiger partial charge in [0.1, 0.15) is 17.2 Å².